The van der Waals surface area contributed by atoms with Crippen molar-refractivity contribution in [3.05, 3.63) is 33.9 Å². The molecule has 0 radical (unpaired) electrons. The molecule has 1 atom stereocenters. The fourth-order valence-corrected chi connectivity index (χ4v) is 2.19. The van der Waals surface area contributed by atoms with Crippen molar-refractivity contribution in [2.75, 3.05) is 0 Å². The first kappa shape index (κ1) is 12.5. The minimum Gasteiger partial charge on any atom is -0.480 e. The lowest BCUT2D eigenvalue weighted by Gasteiger charge is -2.07. The van der Waals surface area contributed by atoms with E-state index in [1.54, 1.807) is 25.1 Å². The van der Waals surface area contributed by atoms with Crippen LogP contribution >= 0.6 is 11.8 Å². The molecule has 1 rings (SSSR count). The van der Waals surface area contributed by atoms with Gasteiger partial charge in [-0.3, -0.25) is 14.9 Å². The summed E-state index contributed by atoms with van der Waals surface area (Å²) in [6.07, 6.45) is 0. The number of thioether (sulfide) groups is 1. The van der Waals surface area contributed by atoms with Gasteiger partial charge in [-0.25, -0.2) is 0 Å². The van der Waals surface area contributed by atoms with Crippen molar-refractivity contribution in [1.82, 2.24) is 0 Å². The molecule has 0 bridgehead atoms. The third-order valence-electron chi connectivity index (χ3n) is 2.03. The van der Waals surface area contributed by atoms with Crippen LogP contribution in [-0.4, -0.2) is 21.2 Å². The lowest BCUT2D eigenvalue weighted by molar-refractivity contribution is -0.388. The number of hydrogen-bond donors (Lipinski definition) is 1. The summed E-state index contributed by atoms with van der Waals surface area (Å²) in [6.45, 7) is 3.13. The maximum absolute atomic E-state index is 10.8. The molecule has 0 spiro atoms. The molecule has 0 heterocycles. The van der Waals surface area contributed by atoms with Gasteiger partial charge in [-0.1, -0.05) is 12.1 Å². The first-order valence-corrected chi connectivity index (χ1v) is 5.45. The Kier molecular flexibility index (Phi) is 3.89. The lowest BCUT2D eigenvalue weighted by Crippen LogP contribution is -2.11. The molecule has 0 aliphatic carbocycles. The first-order valence-electron chi connectivity index (χ1n) is 4.57. The first-order chi connectivity index (χ1) is 7.43. The number of carboxylic acid groups (broad SMARTS) is 1. The van der Waals surface area contributed by atoms with Gasteiger partial charge in [0.05, 0.1) is 9.82 Å². The highest BCUT2D eigenvalue weighted by Gasteiger charge is 2.21. The number of aliphatic carboxylic acids is 1. The van der Waals surface area contributed by atoms with Gasteiger partial charge in [0.2, 0.25) is 0 Å². The van der Waals surface area contributed by atoms with Gasteiger partial charge in [-0.2, -0.15) is 0 Å². The Morgan fingerprint density at radius 2 is 2.19 bits per heavy atom. The lowest BCUT2D eigenvalue weighted by atomic mass is 10.2. The second-order valence-electron chi connectivity index (χ2n) is 3.28. The number of carbonyl (C=O) groups is 1. The molecular formula is C10H11NO4S. The van der Waals surface area contributed by atoms with Crippen molar-refractivity contribution in [2.45, 2.75) is 24.0 Å². The highest BCUT2D eigenvalue weighted by molar-refractivity contribution is 8.00. The van der Waals surface area contributed by atoms with Crippen LogP contribution in [0.15, 0.2) is 23.1 Å². The second kappa shape index (κ2) is 4.98. The summed E-state index contributed by atoms with van der Waals surface area (Å²) < 4.78 is 0. The Bertz CT molecular complexity index is 433. The number of nitrogens with zero attached hydrogens (tertiary/aromatic N) is 1. The van der Waals surface area contributed by atoms with E-state index in [1.165, 1.54) is 6.92 Å². The van der Waals surface area contributed by atoms with Gasteiger partial charge in [0.1, 0.15) is 5.25 Å². The minimum atomic E-state index is -0.985. The van der Waals surface area contributed by atoms with Gasteiger partial charge in [-0.05, 0) is 19.9 Å². The maximum atomic E-state index is 10.8. The zero-order valence-corrected chi connectivity index (χ0v) is 9.65. The zero-order chi connectivity index (χ0) is 12.3. The van der Waals surface area contributed by atoms with E-state index < -0.39 is 16.1 Å². The summed E-state index contributed by atoms with van der Waals surface area (Å²) in [5, 5.41) is 18.9. The summed E-state index contributed by atoms with van der Waals surface area (Å²) in [7, 11) is 0. The number of nitro groups is 1. The molecular weight excluding hydrogens is 230 g/mol. The van der Waals surface area contributed by atoms with Crippen LogP contribution in [0, 0.1) is 17.0 Å². The Balaban J connectivity index is 3.09. The maximum Gasteiger partial charge on any atom is 0.316 e. The van der Waals surface area contributed by atoms with Gasteiger partial charge >= 0.3 is 5.97 Å². The fraction of sp³-hybridized carbons (Fsp3) is 0.300. The van der Waals surface area contributed by atoms with Crippen molar-refractivity contribution < 1.29 is 14.8 Å². The quantitative estimate of drug-likeness (QED) is 0.497. The molecule has 0 fully saturated rings. The SMILES string of the molecule is Cc1cccc(SC(C)C(=O)O)c1[N+](=O)[O-]. The third-order valence-corrected chi connectivity index (χ3v) is 3.17. The van der Waals surface area contributed by atoms with E-state index in [9.17, 15) is 14.9 Å². The van der Waals surface area contributed by atoms with Crippen LogP contribution in [-0.2, 0) is 4.79 Å². The van der Waals surface area contributed by atoms with Gasteiger partial charge in [0.15, 0.2) is 0 Å². The number of aryl methyl sites for hydroxylation is 1. The topological polar surface area (TPSA) is 80.4 Å². The van der Waals surface area contributed by atoms with Gasteiger partial charge in [0, 0.05) is 5.56 Å². The number of rotatable bonds is 4. The largest absolute Gasteiger partial charge is 0.480 e. The van der Waals surface area contributed by atoms with Crippen LogP contribution in [0.25, 0.3) is 0 Å². The highest BCUT2D eigenvalue weighted by atomic mass is 32.2. The van der Waals surface area contributed by atoms with Crippen LogP contribution in [0.3, 0.4) is 0 Å². The van der Waals surface area contributed by atoms with Gasteiger partial charge < -0.3 is 5.11 Å². The molecule has 0 saturated heterocycles. The molecule has 0 aliphatic rings. The summed E-state index contributed by atoms with van der Waals surface area (Å²) in [6, 6.07) is 4.88. The van der Waals surface area contributed by atoms with E-state index in [2.05, 4.69) is 0 Å². The molecule has 0 aromatic heterocycles. The third kappa shape index (κ3) is 2.73. The predicted octanol–water partition coefficient (Wildman–Crippen LogP) is 2.47. The molecule has 0 amide bonds. The van der Waals surface area contributed by atoms with Gasteiger partial charge in [-0.15, -0.1) is 11.8 Å². The molecule has 6 heteroatoms. The number of carboxylic acids is 1. The number of hydrogen-bond acceptors (Lipinski definition) is 4. The average Bonchev–Trinajstić information content (AvgIpc) is 2.16. The van der Waals surface area contributed by atoms with Crippen LogP contribution in [0.1, 0.15) is 12.5 Å². The highest BCUT2D eigenvalue weighted by Crippen LogP contribution is 2.34. The van der Waals surface area contributed by atoms with Crippen LogP contribution in [0.4, 0.5) is 5.69 Å². The number of para-hydroxylation sites is 1. The zero-order valence-electron chi connectivity index (χ0n) is 8.84. The molecule has 1 unspecified atom stereocenters. The average molecular weight is 241 g/mol. The molecule has 16 heavy (non-hydrogen) atoms. The van der Waals surface area contributed by atoms with E-state index in [0.717, 1.165) is 11.8 Å². The van der Waals surface area contributed by atoms with Crippen molar-refractivity contribution in [1.29, 1.82) is 0 Å². The van der Waals surface area contributed by atoms with E-state index in [-0.39, 0.29) is 5.69 Å². The van der Waals surface area contributed by atoms with Gasteiger partial charge in [0.25, 0.3) is 5.69 Å². The molecule has 1 aromatic rings. The predicted molar refractivity (Wildman–Crippen MR) is 60.8 cm³/mol. The minimum absolute atomic E-state index is 0.0133. The molecule has 1 aromatic carbocycles. The van der Waals surface area contributed by atoms with Crippen LogP contribution in [0.5, 0.6) is 0 Å². The Hall–Kier alpha value is -1.56. The summed E-state index contributed by atoms with van der Waals surface area (Å²) in [4.78, 5) is 21.4. The van der Waals surface area contributed by atoms with Crippen LogP contribution < -0.4 is 0 Å². The van der Waals surface area contributed by atoms with Crippen molar-refractivity contribution in [3.63, 3.8) is 0 Å². The van der Waals surface area contributed by atoms with Crippen molar-refractivity contribution >= 4 is 23.4 Å². The monoisotopic (exact) mass is 241 g/mol. The van der Waals surface area contributed by atoms with E-state index in [0.29, 0.717) is 10.5 Å². The van der Waals surface area contributed by atoms with Crippen LogP contribution in [0.2, 0.25) is 0 Å². The number of nitro benzene ring substituents is 1. The Morgan fingerprint density at radius 1 is 1.56 bits per heavy atom. The summed E-state index contributed by atoms with van der Waals surface area (Å²) in [5.74, 6) is -0.985. The Labute approximate surface area is 96.6 Å². The second-order valence-corrected chi connectivity index (χ2v) is 4.66. The summed E-state index contributed by atoms with van der Waals surface area (Å²) in [5.41, 5.74) is 0.521. The molecule has 0 aliphatic heterocycles. The van der Waals surface area contributed by atoms with E-state index >= 15 is 0 Å². The number of benzene rings is 1. The summed E-state index contributed by atoms with van der Waals surface area (Å²) >= 11 is 0.980. The normalized spacial score (nSPS) is 12.1. The van der Waals surface area contributed by atoms with E-state index in [1.807, 2.05) is 0 Å². The van der Waals surface area contributed by atoms with E-state index in [4.69, 9.17) is 5.11 Å². The fourth-order valence-electron chi connectivity index (χ4n) is 1.20. The standard InChI is InChI=1S/C10H11NO4S/c1-6-4-3-5-8(9(6)11(14)15)16-7(2)10(12)13/h3-5,7H,1-2H3,(H,12,13). The van der Waals surface area contributed by atoms with Crippen molar-refractivity contribution in [3.8, 4) is 0 Å². The molecule has 0 saturated carbocycles. The smallest absolute Gasteiger partial charge is 0.316 e. The molecule has 86 valence electrons. The molecule has 5 nitrogen and oxygen atoms in total. The molecule has 1 N–H and O–H groups in total. The Morgan fingerprint density at radius 3 is 2.69 bits per heavy atom. The van der Waals surface area contributed by atoms with Crippen molar-refractivity contribution in [2.24, 2.45) is 0 Å².